The van der Waals surface area contributed by atoms with Crippen molar-refractivity contribution in [3.8, 4) is 11.4 Å². The molecule has 2 rings (SSSR count). The van der Waals surface area contributed by atoms with Gasteiger partial charge >= 0.3 is 0 Å². The summed E-state index contributed by atoms with van der Waals surface area (Å²) in [5.74, 6) is 0.823. The summed E-state index contributed by atoms with van der Waals surface area (Å²) in [6.45, 7) is 0.236. The molecule has 4 nitrogen and oxygen atoms in total. The minimum atomic E-state index is -0.587. The van der Waals surface area contributed by atoms with E-state index in [0.717, 1.165) is 17.0 Å². The predicted octanol–water partition coefficient (Wildman–Crippen LogP) is 1.07. The number of aliphatic hydroxyl groups is 1. The second-order valence-corrected chi connectivity index (χ2v) is 3.31. The van der Waals surface area contributed by atoms with E-state index in [-0.39, 0.29) is 6.54 Å². The van der Waals surface area contributed by atoms with Gasteiger partial charge < -0.3 is 15.8 Å². The van der Waals surface area contributed by atoms with Gasteiger partial charge in [0.15, 0.2) is 0 Å². The number of imidazole rings is 1. The van der Waals surface area contributed by atoms with Crippen molar-refractivity contribution in [3.63, 3.8) is 0 Å². The summed E-state index contributed by atoms with van der Waals surface area (Å²) in [6.07, 6.45) is 2.89. The fourth-order valence-electron chi connectivity index (χ4n) is 1.42. The van der Waals surface area contributed by atoms with Crippen LogP contribution in [-0.2, 0) is 0 Å². The lowest BCUT2D eigenvalue weighted by molar-refractivity contribution is 0.187. The molecule has 4 heteroatoms. The van der Waals surface area contributed by atoms with Crippen molar-refractivity contribution in [1.82, 2.24) is 9.97 Å². The third-order valence-electron chi connectivity index (χ3n) is 2.29. The first-order valence-corrected chi connectivity index (χ1v) is 4.79. The highest BCUT2D eigenvalue weighted by Gasteiger charge is 2.05. The highest BCUT2D eigenvalue weighted by Crippen LogP contribution is 2.18. The fraction of sp³-hybridized carbons (Fsp3) is 0.182. The Labute approximate surface area is 87.8 Å². The molecule has 1 atom stereocenters. The molecule has 1 heterocycles. The van der Waals surface area contributed by atoms with Crippen molar-refractivity contribution in [3.05, 3.63) is 42.2 Å². The number of aliphatic hydroxyl groups excluding tert-OH is 1. The Morgan fingerprint density at radius 2 is 2.07 bits per heavy atom. The summed E-state index contributed by atoms with van der Waals surface area (Å²) in [5, 5.41) is 9.50. The van der Waals surface area contributed by atoms with Crippen molar-refractivity contribution in [2.45, 2.75) is 6.10 Å². The highest BCUT2D eigenvalue weighted by molar-refractivity contribution is 5.55. The van der Waals surface area contributed by atoms with Crippen LogP contribution in [0.5, 0.6) is 0 Å². The maximum Gasteiger partial charge on any atom is 0.137 e. The van der Waals surface area contributed by atoms with Crippen LogP contribution >= 0.6 is 0 Å². The van der Waals surface area contributed by atoms with Gasteiger partial charge in [0.1, 0.15) is 5.82 Å². The molecular formula is C11H13N3O. The average Bonchev–Trinajstić information content (AvgIpc) is 2.82. The molecule has 0 radical (unpaired) electrons. The zero-order valence-corrected chi connectivity index (χ0v) is 8.22. The first-order chi connectivity index (χ1) is 7.31. The molecule has 0 fully saturated rings. The van der Waals surface area contributed by atoms with Gasteiger partial charge in [-0.1, -0.05) is 24.3 Å². The van der Waals surface area contributed by atoms with Gasteiger partial charge in [0.2, 0.25) is 0 Å². The average molecular weight is 203 g/mol. The fourth-order valence-corrected chi connectivity index (χ4v) is 1.42. The Hall–Kier alpha value is -1.65. The molecule has 0 spiro atoms. The van der Waals surface area contributed by atoms with E-state index in [0.29, 0.717) is 0 Å². The van der Waals surface area contributed by atoms with Gasteiger partial charge in [-0.05, 0) is 5.56 Å². The summed E-state index contributed by atoms with van der Waals surface area (Å²) in [5.41, 5.74) is 7.19. The minimum Gasteiger partial charge on any atom is -0.387 e. The molecule has 78 valence electrons. The van der Waals surface area contributed by atoms with E-state index >= 15 is 0 Å². The van der Waals surface area contributed by atoms with Gasteiger partial charge in [-0.15, -0.1) is 0 Å². The Morgan fingerprint density at radius 3 is 2.60 bits per heavy atom. The first kappa shape index (κ1) is 9.89. The second kappa shape index (κ2) is 4.25. The van der Waals surface area contributed by atoms with Crippen LogP contribution in [0.2, 0.25) is 0 Å². The van der Waals surface area contributed by atoms with Crippen molar-refractivity contribution in [2.24, 2.45) is 5.73 Å². The van der Waals surface area contributed by atoms with Crippen LogP contribution in [0.4, 0.5) is 0 Å². The Morgan fingerprint density at radius 1 is 1.33 bits per heavy atom. The number of aromatic amines is 1. The smallest absolute Gasteiger partial charge is 0.137 e. The Kier molecular flexibility index (Phi) is 2.80. The van der Waals surface area contributed by atoms with E-state index in [9.17, 15) is 5.11 Å². The lowest BCUT2D eigenvalue weighted by Gasteiger charge is -2.07. The van der Waals surface area contributed by atoms with E-state index in [2.05, 4.69) is 9.97 Å². The molecule has 15 heavy (non-hydrogen) atoms. The minimum absolute atomic E-state index is 0.236. The molecule has 0 amide bonds. The summed E-state index contributed by atoms with van der Waals surface area (Å²) in [6, 6.07) is 7.53. The van der Waals surface area contributed by atoms with Gasteiger partial charge in [0.05, 0.1) is 6.10 Å². The highest BCUT2D eigenvalue weighted by atomic mass is 16.3. The van der Waals surface area contributed by atoms with E-state index in [1.807, 2.05) is 24.3 Å². The Bertz CT molecular complexity index is 408. The van der Waals surface area contributed by atoms with Crippen LogP contribution < -0.4 is 5.73 Å². The molecular weight excluding hydrogens is 190 g/mol. The molecule has 0 aliphatic rings. The lowest BCUT2D eigenvalue weighted by Crippen LogP contribution is -2.11. The van der Waals surface area contributed by atoms with Crippen LogP contribution in [0.25, 0.3) is 11.4 Å². The van der Waals surface area contributed by atoms with E-state index in [1.54, 1.807) is 12.4 Å². The first-order valence-electron chi connectivity index (χ1n) is 4.79. The normalized spacial score (nSPS) is 12.7. The van der Waals surface area contributed by atoms with Crippen molar-refractivity contribution < 1.29 is 5.11 Å². The lowest BCUT2D eigenvalue weighted by atomic mass is 10.1. The topological polar surface area (TPSA) is 74.9 Å². The van der Waals surface area contributed by atoms with Gasteiger partial charge in [-0.25, -0.2) is 4.98 Å². The molecule has 0 bridgehead atoms. The molecule has 0 aliphatic heterocycles. The molecule has 0 aliphatic carbocycles. The van der Waals surface area contributed by atoms with Crippen LogP contribution in [0.3, 0.4) is 0 Å². The summed E-state index contributed by atoms with van der Waals surface area (Å²) in [4.78, 5) is 7.16. The zero-order valence-electron chi connectivity index (χ0n) is 8.22. The SMILES string of the molecule is NCC(O)c1ccc(-c2ncc[nH]2)cc1. The quantitative estimate of drug-likeness (QED) is 0.698. The maximum atomic E-state index is 9.50. The number of nitrogens with two attached hydrogens (primary N) is 1. The number of nitrogens with zero attached hydrogens (tertiary/aromatic N) is 1. The van der Waals surface area contributed by atoms with Gasteiger partial charge in [-0.3, -0.25) is 0 Å². The van der Waals surface area contributed by atoms with E-state index in [1.165, 1.54) is 0 Å². The standard InChI is InChI=1S/C11H13N3O/c12-7-10(15)8-1-3-9(4-2-8)11-13-5-6-14-11/h1-6,10,15H,7,12H2,(H,13,14). The van der Waals surface area contributed by atoms with Gasteiger partial charge in [0.25, 0.3) is 0 Å². The molecule has 1 aromatic carbocycles. The third kappa shape index (κ3) is 2.06. The monoisotopic (exact) mass is 203 g/mol. The van der Waals surface area contributed by atoms with Crippen molar-refractivity contribution in [2.75, 3.05) is 6.54 Å². The van der Waals surface area contributed by atoms with Crippen LogP contribution in [0.15, 0.2) is 36.7 Å². The number of hydrogen-bond acceptors (Lipinski definition) is 3. The van der Waals surface area contributed by atoms with Gasteiger partial charge in [-0.2, -0.15) is 0 Å². The molecule has 2 aromatic rings. The molecule has 1 unspecified atom stereocenters. The van der Waals surface area contributed by atoms with Gasteiger partial charge in [0, 0.05) is 24.5 Å². The number of rotatable bonds is 3. The number of nitrogens with one attached hydrogen (secondary N) is 1. The zero-order chi connectivity index (χ0) is 10.7. The van der Waals surface area contributed by atoms with E-state index in [4.69, 9.17) is 5.73 Å². The van der Waals surface area contributed by atoms with Crippen molar-refractivity contribution >= 4 is 0 Å². The van der Waals surface area contributed by atoms with Crippen LogP contribution in [0, 0.1) is 0 Å². The number of benzene rings is 1. The van der Waals surface area contributed by atoms with Crippen molar-refractivity contribution in [1.29, 1.82) is 0 Å². The molecule has 0 saturated carbocycles. The third-order valence-corrected chi connectivity index (χ3v) is 2.29. The summed E-state index contributed by atoms with van der Waals surface area (Å²) in [7, 11) is 0. The summed E-state index contributed by atoms with van der Waals surface area (Å²) < 4.78 is 0. The molecule has 4 N–H and O–H groups in total. The number of hydrogen-bond donors (Lipinski definition) is 3. The summed E-state index contributed by atoms with van der Waals surface area (Å²) >= 11 is 0. The molecule has 1 aromatic heterocycles. The molecule has 0 saturated heterocycles. The van der Waals surface area contributed by atoms with Crippen LogP contribution in [0.1, 0.15) is 11.7 Å². The largest absolute Gasteiger partial charge is 0.387 e. The Balaban J connectivity index is 2.25. The number of aromatic nitrogens is 2. The number of H-pyrrole nitrogens is 1. The van der Waals surface area contributed by atoms with Crippen LogP contribution in [-0.4, -0.2) is 21.6 Å². The van der Waals surface area contributed by atoms with E-state index < -0.39 is 6.10 Å². The second-order valence-electron chi connectivity index (χ2n) is 3.31. The maximum absolute atomic E-state index is 9.50. The predicted molar refractivity (Wildman–Crippen MR) is 58.0 cm³/mol.